The quantitative estimate of drug-likeness (QED) is 0.352. The average molecular weight is 507 g/mol. The molecule has 2 amide bonds. The molecule has 1 atom stereocenters. The van der Waals surface area contributed by atoms with Crippen molar-refractivity contribution in [3.63, 3.8) is 0 Å². The Bertz CT molecular complexity index is 1360. The van der Waals surface area contributed by atoms with Crippen LogP contribution >= 0.6 is 11.6 Å². The predicted molar refractivity (Wildman–Crippen MR) is 121 cm³/mol. The van der Waals surface area contributed by atoms with E-state index in [1.165, 1.54) is 18.6 Å². The van der Waals surface area contributed by atoms with Crippen LogP contribution in [0.5, 0.6) is 0 Å². The number of rotatable bonds is 6. The van der Waals surface area contributed by atoms with Gasteiger partial charge in [-0.1, -0.05) is 11.6 Å². The van der Waals surface area contributed by atoms with Crippen LogP contribution in [-0.2, 0) is 10.9 Å². The van der Waals surface area contributed by atoms with Gasteiger partial charge in [-0.3, -0.25) is 4.98 Å². The highest BCUT2D eigenvalue weighted by molar-refractivity contribution is 6.29. The highest BCUT2D eigenvalue weighted by Crippen LogP contribution is 2.35. The van der Waals surface area contributed by atoms with E-state index in [0.717, 1.165) is 17.1 Å². The maximum atomic E-state index is 13.6. The van der Waals surface area contributed by atoms with Gasteiger partial charge in [0.05, 0.1) is 53.3 Å². The Morgan fingerprint density at radius 2 is 1.91 bits per heavy atom. The Morgan fingerprint density at radius 1 is 1.17 bits per heavy atom. The molecule has 4 heterocycles. The van der Waals surface area contributed by atoms with Crippen molar-refractivity contribution >= 4 is 40.0 Å². The molecular formula is C21H18ClF3N8O2. The molecule has 0 aliphatic heterocycles. The normalized spacial score (nSPS) is 12.5. The second-order valence-corrected chi connectivity index (χ2v) is 7.56. The van der Waals surface area contributed by atoms with Crippen LogP contribution < -0.4 is 10.6 Å². The number of alkyl halides is 3. The molecule has 0 fully saturated rings. The van der Waals surface area contributed by atoms with E-state index >= 15 is 0 Å². The maximum Gasteiger partial charge on any atom is 0.420 e. The number of ether oxygens (including phenoxy) is 1. The number of anilines is 2. The molecule has 0 aromatic carbocycles. The predicted octanol–water partition coefficient (Wildman–Crippen LogP) is 5.02. The minimum atomic E-state index is -4.77. The zero-order valence-electron chi connectivity index (χ0n) is 18.3. The number of urea groups is 1. The third-order valence-corrected chi connectivity index (χ3v) is 5.04. The van der Waals surface area contributed by atoms with Gasteiger partial charge in [0.2, 0.25) is 0 Å². The van der Waals surface area contributed by atoms with Crippen molar-refractivity contribution in [2.24, 2.45) is 0 Å². The number of amides is 2. The van der Waals surface area contributed by atoms with Gasteiger partial charge >= 0.3 is 12.2 Å². The Morgan fingerprint density at radius 3 is 2.60 bits per heavy atom. The van der Waals surface area contributed by atoms with E-state index in [4.69, 9.17) is 16.3 Å². The van der Waals surface area contributed by atoms with Gasteiger partial charge in [-0.05, 0) is 32.0 Å². The lowest BCUT2D eigenvalue weighted by Gasteiger charge is -2.19. The molecule has 0 bridgehead atoms. The number of hydrogen-bond acceptors (Lipinski definition) is 7. The van der Waals surface area contributed by atoms with Crippen LogP contribution in [0.1, 0.15) is 31.1 Å². The summed E-state index contributed by atoms with van der Waals surface area (Å²) in [6.45, 7) is 3.97. The molecule has 4 aromatic rings. The number of halogens is 4. The molecule has 35 heavy (non-hydrogen) atoms. The van der Waals surface area contributed by atoms with E-state index in [-0.39, 0.29) is 16.5 Å². The van der Waals surface area contributed by atoms with Crippen LogP contribution in [0.3, 0.4) is 0 Å². The number of carbonyl (C=O) groups is 1. The summed E-state index contributed by atoms with van der Waals surface area (Å²) < 4.78 is 46.6. The molecule has 0 aliphatic rings. The first-order valence-corrected chi connectivity index (χ1v) is 10.6. The zero-order valence-corrected chi connectivity index (χ0v) is 19.1. The van der Waals surface area contributed by atoms with Gasteiger partial charge in [-0.15, -0.1) is 4.80 Å². The van der Waals surface area contributed by atoms with E-state index in [0.29, 0.717) is 23.2 Å². The second-order valence-electron chi connectivity index (χ2n) is 7.18. The fourth-order valence-electron chi connectivity index (χ4n) is 3.41. The smallest absolute Gasteiger partial charge is 0.374 e. The largest absolute Gasteiger partial charge is 0.420 e. The first-order valence-electron chi connectivity index (χ1n) is 10.3. The monoisotopic (exact) mass is 506 g/mol. The number of aromatic nitrogens is 6. The number of fused-ring (bicyclic) bond motifs is 1. The summed E-state index contributed by atoms with van der Waals surface area (Å²) in [7, 11) is 0. The topological polar surface area (TPSA) is 120 Å². The summed E-state index contributed by atoms with van der Waals surface area (Å²) in [5.74, 6) is -0.525. The van der Waals surface area contributed by atoms with Crippen molar-refractivity contribution in [3.8, 4) is 5.82 Å². The fourth-order valence-corrected chi connectivity index (χ4v) is 3.56. The Labute approximate surface area is 201 Å². The van der Waals surface area contributed by atoms with E-state index in [1.54, 1.807) is 19.1 Å². The second kappa shape index (κ2) is 9.80. The highest BCUT2D eigenvalue weighted by Gasteiger charge is 2.36. The first kappa shape index (κ1) is 24.3. The SMILES string of the molecule is CCOC(C)c1c(NC(=O)Nc2cnc(-n3nccn3)c(C(F)(F)F)c2)cnc2ccc(Cl)nc12. The van der Waals surface area contributed by atoms with Crippen LogP contribution in [0, 0.1) is 0 Å². The van der Waals surface area contributed by atoms with Crippen molar-refractivity contribution in [1.82, 2.24) is 29.9 Å². The van der Waals surface area contributed by atoms with Crippen molar-refractivity contribution in [3.05, 3.63) is 59.3 Å². The lowest BCUT2D eigenvalue weighted by Crippen LogP contribution is -2.22. The van der Waals surface area contributed by atoms with Crippen LogP contribution in [-0.4, -0.2) is 42.6 Å². The molecule has 10 nitrogen and oxygen atoms in total. The molecule has 1 unspecified atom stereocenters. The van der Waals surface area contributed by atoms with Gasteiger partial charge in [0, 0.05) is 12.2 Å². The van der Waals surface area contributed by atoms with Gasteiger partial charge < -0.3 is 15.4 Å². The van der Waals surface area contributed by atoms with Gasteiger partial charge in [-0.25, -0.2) is 14.8 Å². The number of hydrogen-bond donors (Lipinski definition) is 2. The van der Waals surface area contributed by atoms with Gasteiger partial charge in [0.15, 0.2) is 5.82 Å². The average Bonchev–Trinajstić information content (AvgIpc) is 3.33. The summed E-state index contributed by atoms with van der Waals surface area (Å²) in [5, 5.41) is 12.6. The summed E-state index contributed by atoms with van der Waals surface area (Å²) in [6.07, 6.45) is -0.335. The van der Waals surface area contributed by atoms with Crippen LogP contribution in [0.15, 0.2) is 43.0 Å². The van der Waals surface area contributed by atoms with Crippen molar-refractivity contribution in [2.75, 3.05) is 17.2 Å². The Balaban J connectivity index is 1.65. The third kappa shape index (κ3) is 5.30. The number of nitrogens with zero attached hydrogens (tertiary/aromatic N) is 6. The van der Waals surface area contributed by atoms with Gasteiger partial charge in [0.25, 0.3) is 0 Å². The van der Waals surface area contributed by atoms with E-state index in [2.05, 4.69) is 35.8 Å². The molecular weight excluding hydrogens is 489 g/mol. The number of pyridine rings is 3. The van der Waals surface area contributed by atoms with E-state index in [9.17, 15) is 18.0 Å². The number of carbonyl (C=O) groups excluding carboxylic acids is 1. The van der Waals surface area contributed by atoms with Crippen LogP contribution in [0.25, 0.3) is 16.9 Å². The summed E-state index contributed by atoms with van der Waals surface area (Å²) in [5.41, 5.74) is 0.413. The number of nitrogens with one attached hydrogen (secondary N) is 2. The minimum Gasteiger partial charge on any atom is -0.374 e. The Kier molecular flexibility index (Phi) is 6.80. The van der Waals surface area contributed by atoms with E-state index in [1.807, 2.05) is 6.92 Å². The van der Waals surface area contributed by atoms with Gasteiger partial charge in [0.1, 0.15) is 10.7 Å². The van der Waals surface area contributed by atoms with Crippen molar-refractivity contribution < 1.29 is 22.7 Å². The molecule has 2 N–H and O–H groups in total. The fraction of sp³-hybridized carbons (Fsp3) is 0.238. The molecule has 4 rings (SSSR count). The molecule has 14 heteroatoms. The molecule has 0 aliphatic carbocycles. The van der Waals surface area contributed by atoms with Crippen molar-refractivity contribution in [2.45, 2.75) is 26.1 Å². The summed E-state index contributed by atoms with van der Waals surface area (Å²) >= 11 is 6.05. The third-order valence-electron chi connectivity index (χ3n) is 4.83. The zero-order chi connectivity index (χ0) is 25.2. The molecule has 4 aromatic heterocycles. The molecule has 0 spiro atoms. The molecule has 0 radical (unpaired) electrons. The van der Waals surface area contributed by atoms with Crippen molar-refractivity contribution in [1.29, 1.82) is 0 Å². The Hall–Kier alpha value is -3.84. The van der Waals surface area contributed by atoms with Gasteiger partial charge in [-0.2, -0.15) is 23.4 Å². The molecule has 0 saturated heterocycles. The molecule has 182 valence electrons. The highest BCUT2D eigenvalue weighted by atomic mass is 35.5. The maximum absolute atomic E-state index is 13.6. The standard InChI is InChI=1S/C21H18ClF3N8O2/c1-3-35-11(2)17-15(10-26-14-4-5-16(22)32-18(14)17)31-20(34)30-12-8-13(21(23,24)25)19(27-9-12)33-28-6-7-29-33/h4-11H,3H2,1-2H3,(H2,30,31,34). The lowest BCUT2D eigenvalue weighted by molar-refractivity contribution is -0.137. The summed E-state index contributed by atoms with van der Waals surface area (Å²) in [4.78, 5) is 25.8. The lowest BCUT2D eigenvalue weighted by atomic mass is 10.1. The van der Waals surface area contributed by atoms with E-state index < -0.39 is 29.7 Å². The molecule has 0 saturated carbocycles. The van der Waals surface area contributed by atoms with Crippen LogP contribution in [0.4, 0.5) is 29.3 Å². The first-order chi connectivity index (χ1) is 16.7. The minimum absolute atomic E-state index is 0.194. The summed E-state index contributed by atoms with van der Waals surface area (Å²) in [6, 6.07) is 3.18. The van der Waals surface area contributed by atoms with Crippen LogP contribution in [0.2, 0.25) is 5.15 Å².